The fourth-order valence-corrected chi connectivity index (χ4v) is 3.24. The van der Waals surface area contributed by atoms with Gasteiger partial charge < -0.3 is 5.11 Å². The second kappa shape index (κ2) is 3.85. The standard InChI is InChI=1S/C10H20O3Si/c1-7(8(11)9(12)13)14(5,6)10(2,3)4/h7H,1-6H3,(H,12,13)/t7-/m1/s1. The summed E-state index contributed by atoms with van der Waals surface area (Å²) in [5.74, 6) is -1.95. The first-order chi connectivity index (χ1) is 6.01. The molecule has 0 spiro atoms. The number of hydrogen-bond acceptors (Lipinski definition) is 2. The number of ketones is 1. The predicted molar refractivity (Wildman–Crippen MR) is 59.3 cm³/mol. The van der Waals surface area contributed by atoms with Crippen molar-refractivity contribution < 1.29 is 14.7 Å². The Hall–Kier alpha value is -0.643. The quantitative estimate of drug-likeness (QED) is 0.582. The normalized spacial score (nSPS) is 15.0. The van der Waals surface area contributed by atoms with Crippen molar-refractivity contribution in [3.63, 3.8) is 0 Å². The van der Waals surface area contributed by atoms with Crippen LogP contribution in [0.15, 0.2) is 0 Å². The number of carbonyl (C=O) groups is 2. The first-order valence-electron chi connectivity index (χ1n) is 4.79. The molecule has 0 heterocycles. The first kappa shape index (κ1) is 13.4. The van der Waals surface area contributed by atoms with Crippen LogP contribution in [0.25, 0.3) is 0 Å². The third kappa shape index (κ3) is 2.44. The first-order valence-corrected chi connectivity index (χ1v) is 7.86. The van der Waals surface area contributed by atoms with Crippen LogP contribution in [0.5, 0.6) is 0 Å². The van der Waals surface area contributed by atoms with Crippen molar-refractivity contribution in [3.8, 4) is 0 Å². The summed E-state index contributed by atoms with van der Waals surface area (Å²) in [5, 5.41) is 8.69. The van der Waals surface area contributed by atoms with Crippen LogP contribution in [-0.2, 0) is 9.59 Å². The Morgan fingerprint density at radius 2 is 1.57 bits per heavy atom. The molecule has 0 aliphatic carbocycles. The van der Waals surface area contributed by atoms with Gasteiger partial charge in [0.05, 0.1) is 8.07 Å². The van der Waals surface area contributed by atoms with Gasteiger partial charge in [0.1, 0.15) is 0 Å². The van der Waals surface area contributed by atoms with Crippen molar-refractivity contribution in [2.24, 2.45) is 0 Å². The van der Waals surface area contributed by atoms with Gasteiger partial charge in [-0.05, 0) is 5.04 Å². The van der Waals surface area contributed by atoms with Gasteiger partial charge in [0.25, 0.3) is 0 Å². The number of aliphatic carboxylic acids is 1. The van der Waals surface area contributed by atoms with Gasteiger partial charge in [0.2, 0.25) is 5.78 Å². The van der Waals surface area contributed by atoms with Gasteiger partial charge in [-0.2, -0.15) is 0 Å². The number of carbonyl (C=O) groups excluding carboxylic acids is 1. The maximum absolute atomic E-state index is 11.4. The number of Topliss-reactive ketones (excluding diaryl/α,β-unsaturated/α-hetero) is 1. The molecular formula is C10H20O3Si. The number of carboxylic acids is 1. The van der Waals surface area contributed by atoms with E-state index in [9.17, 15) is 9.59 Å². The van der Waals surface area contributed by atoms with Crippen molar-refractivity contribution in [1.82, 2.24) is 0 Å². The summed E-state index contributed by atoms with van der Waals surface area (Å²) in [6.45, 7) is 12.1. The summed E-state index contributed by atoms with van der Waals surface area (Å²) in [6, 6.07) is 0. The molecule has 4 heteroatoms. The zero-order valence-corrected chi connectivity index (χ0v) is 10.8. The van der Waals surface area contributed by atoms with Crippen molar-refractivity contribution in [3.05, 3.63) is 0 Å². The zero-order chi connectivity index (χ0) is 11.7. The zero-order valence-electron chi connectivity index (χ0n) is 9.84. The van der Waals surface area contributed by atoms with E-state index in [0.717, 1.165) is 0 Å². The molecule has 1 N–H and O–H groups in total. The van der Waals surface area contributed by atoms with Crippen LogP contribution in [-0.4, -0.2) is 24.9 Å². The summed E-state index contributed by atoms with van der Waals surface area (Å²) in [7, 11) is -1.86. The monoisotopic (exact) mass is 216 g/mol. The Morgan fingerprint density at radius 1 is 1.21 bits per heavy atom. The van der Waals surface area contributed by atoms with Crippen molar-refractivity contribution in [2.45, 2.75) is 51.4 Å². The Kier molecular flexibility index (Phi) is 3.67. The van der Waals surface area contributed by atoms with Gasteiger partial charge in [-0.3, -0.25) is 4.79 Å². The second-order valence-corrected chi connectivity index (χ2v) is 11.2. The Balaban J connectivity index is 4.94. The SMILES string of the molecule is C[C@H](C(=O)C(=O)O)[Si](C)(C)C(C)(C)C. The smallest absolute Gasteiger partial charge is 0.372 e. The topological polar surface area (TPSA) is 54.4 Å². The van der Waals surface area contributed by atoms with Gasteiger partial charge >= 0.3 is 5.97 Å². The van der Waals surface area contributed by atoms with Crippen LogP contribution in [0.1, 0.15) is 27.7 Å². The molecule has 0 aliphatic heterocycles. The minimum atomic E-state index is -1.86. The maximum Gasteiger partial charge on any atom is 0.372 e. The van der Waals surface area contributed by atoms with Crippen molar-refractivity contribution >= 4 is 19.8 Å². The Bertz CT molecular complexity index is 251. The molecule has 0 rings (SSSR count). The number of hydrogen-bond donors (Lipinski definition) is 1. The largest absolute Gasteiger partial charge is 0.476 e. The van der Waals surface area contributed by atoms with Crippen molar-refractivity contribution in [1.29, 1.82) is 0 Å². The van der Waals surface area contributed by atoms with Gasteiger partial charge in [-0.1, -0.05) is 40.8 Å². The van der Waals surface area contributed by atoms with E-state index in [1.54, 1.807) is 6.92 Å². The summed E-state index contributed by atoms with van der Waals surface area (Å²) in [6.07, 6.45) is 0. The highest BCUT2D eigenvalue weighted by Crippen LogP contribution is 2.43. The predicted octanol–water partition coefficient (Wildman–Crippen LogP) is 2.54. The summed E-state index contributed by atoms with van der Waals surface area (Å²) in [5.41, 5.74) is -0.333. The van der Waals surface area contributed by atoms with E-state index in [0.29, 0.717) is 0 Å². The van der Waals surface area contributed by atoms with Crippen LogP contribution in [0.4, 0.5) is 0 Å². The van der Waals surface area contributed by atoms with Crippen LogP contribution in [0, 0.1) is 0 Å². The van der Waals surface area contributed by atoms with E-state index < -0.39 is 19.8 Å². The molecule has 0 aromatic rings. The van der Waals surface area contributed by atoms with E-state index in [1.807, 2.05) is 0 Å². The van der Waals surface area contributed by atoms with Crippen LogP contribution >= 0.6 is 0 Å². The van der Waals surface area contributed by atoms with Crippen LogP contribution in [0.3, 0.4) is 0 Å². The molecule has 0 bridgehead atoms. The molecule has 0 unspecified atom stereocenters. The fourth-order valence-electron chi connectivity index (χ4n) is 1.16. The summed E-state index contributed by atoms with van der Waals surface area (Å²) in [4.78, 5) is 22.0. The van der Waals surface area contributed by atoms with E-state index in [1.165, 1.54) is 0 Å². The van der Waals surface area contributed by atoms with E-state index in [-0.39, 0.29) is 10.6 Å². The van der Waals surface area contributed by atoms with Crippen LogP contribution < -0.4 is 0 Å². The van der Waals surface area contributed by atoms with E-state index in [2.05, 4.69) is 33.9 Å². The lowest BCUT2D eigenvalue weighted by Gasteiger charge is -2.40. The molecule has 3 nitrogen and oxygen atoms in total. The molecule has 0 saturated heterocycles. The third-order valence-corrected chi connectivity index (χ3v) is 9.91. The molecule has 0 aromatic carbocycles. The van der Waals surface area contributed by atoms with E-state index >= 15 is 0 Å². The van der Waals surface area contributed by atoms with Gasteiger partial charge in [0, 0.05) is 5.54 Å². The van der Waals surface area contributed by atoms with E-state index in [4.69, 9.17) is 5.11 Å². The van der Waals surface area contributed by atoms with Gasteiger partial charge in [0.15, 0.2) is 0 Å². The van der Waals surface area contributed by atoms with Crippen LogP contribution in [0.2, 0.25) is 23.7 Å². The lowest BCUT2D eigenvalue weighted by atomic mass is 10.2. The molecule has 0 saturated carbocycles. The van der Waals surface area contributed by atoms with Gasteiger partial charge in [-0.15, -0.1) is 0 Å². The minimum absolute atomic E-state index is 0.0392. The van der Waals surface area contributed by atoms with Crippen molar-refractivity contribution in [2.75, 3.05) is 0 Å². The summed E-state index contributed by atoms with van der Waals surface area (Å²) >= 11 is 0. The Morgan fingerprint density at radius 3 is 1.79 bits per heavy atom. The molecule has 0 aromatic heterocycles. The Labute approximate surface area is 86.5 Å². The highest BCUT2D eigenvalue weighted by Gasteiger charge is 2.44. The fraction of sp³-hybridized carbons (Fsp3) is 0.800. The lowest BCUT2D eigenvalue weighted by molar-refractivity contribution is -0.149. The molecule has 0 radical (unpaired) electrons. The third-order valence-electron chi connectivity index (χ3n) is 3.62. The highest BCUT2D eigenvalue weighted by molar-refractivity contribution is 6.85. The second-order valence-electron chi connectivity index (χ2n) is 5.36. The average molecular weight is 216 g/mol. The molecule has 0 amide bonds. The number of rotatable bonds is 3. The molecule has 82 valence electrons. The number of carboxylic acid groups (broad SMARTS) is 1. The molecule has 14 heavy (non-hydrogen) atoms. The molecular weight excluding hydrogens is 196 g/mol. The van der Waals surface area contributed by atoms with Gasteiger partial charge in [-0.25, -0.2) is 4.79 Å². The lowest BCUT2D eigenvalue weighted by Crippen LogP contribution is -2.45. The highest BCUT2D eigenvalue weighted by atomic mass is 28.3. The molecule has 1 atom stereocenters. The molecule has 0 aliphatic rings. The summed E-state index contributed by atoms with van der Waals surface area (Å²) < 4.78 is 0. The average Bonchev–Trinajstić information content (AvgIpc) is 1.99. The maximum atomic E-state index is 11.4. The minimum Gasteiger partial charge on any atom is -0.476 e. The molecule has 0 fully saturated rings.